The molecule has 2 aliphatic rings. The van der Waals surface area contributed by atoms with Crippen LogP contribution in [0.15, 0.2) is 41.2 Å². The fourth-order valence-corrected chi connectivity index (χ4v) is 3.52. The molecule has 1 heterocycles. The molecule has 323 valence electrons. The van der Waals surface area contributed by atoms with E-state index in [1.807, 2.05) is 25.1 Å². The summed E-state index contributed by atoms with van der Waals surface area (Å²) in [5, 5.41) is 3.34. The molecule has 2 aliphatic carbocycles. The Morgan fingerprint density at radius 1 is 0.852 bits per heavy atom. The molecule has 0 aliphatic heterocycles. The zero-order chi connectivity index (χ0) is 42.5. The van der Waals surface area contributed by atoms with Gasteiger partial charge < -0.3 is 28.0 Å². The topological polar surface area (TPSA) is 51.4 Å². The van der Waals surface area contributed by atoms with Crippen LogP contribution in [-0.4, -0.2) is 56.1 Å². The van der Waals surface area contributed by atoms with Gasteiger partial charge in [0.2, 0.25) is 5.89 Å². The Labute approximate surface area is 361 Å². The maximum absolute atomic E-state index is 9.67. The van der Waals surface area contributed by atoms with E-state index in [1.165, 1.54) is 76.2 Å². The SMILES string of the molecule is CC1CCC(C)C1.CC1CCC1.CCC.CCC(C)C.CCCN(C)C.CCCOC.Cc1ccccc1.Cc1ncno1.FC(F)F.[CH2-]CC([CH2-])C.[Y]. The maximum Gasteiger partial charge on any atom is 0.379 e. The molecule has 3 atom stereocenters. The van der Waals surface area contributed by atoms with Gasteiger partial charge in [-0.25, -0.2) is 12.3 Å². The van der Waals surface area contributed by atoms with Crippen molar-refractivity contribution in [2.24, 2.45) is 29.6 Å². The molecule has 0 N–H and O–H groups in total. The average Bonchev–Trinajstić information content (AvgIpc) is 3.72. The Kier molecular flexibility index (Phi) is 71.0. The second kappa shape index (κ2) is 56.5. The molecule has 3 unspecified atom stereocenters. The van der Waals surface area contributed by atoms with Crippen molar-refractivity contribution >= 4 is 0 Å². The third-order valence-electron chi connectivity index (χ3n) is 7.15. The van der Waals surface area contributed by atoms with Crippen molar-refractivity contribution in [2.75, 3.05) is 34.4 Å². The molecular weight excluding hydrogens is 760 g/mol. The Bertz CT molecular complexity index is 816. The quantitative estimate of drug-likeness (QED) is 0.271. The number of hydrogen-bond donors (Lipinski definition) is 0. The molecule has 1 aromatic carbocycles. The first-order valence-electron chi connectivity index (χ1n) is 20.3. The first-order valence-corrected chi connectivity index (χ1v) is 20.3. The largest absolute Gasteiger partial charge is 0.385 e. The van der Waals surface area contributed by atoms with Crippen LogP contribution in [0.5, 0.6) is 0 Å². The smallest absolute Gasteiger partial charge is 0.379 e. The fourth-order valence-electron chi connectivity index (χ4n) is 3.52. The molecule has 0 spiro atoms. The van der Waals surface area contributed by atoms with E-state index in [4.69, 9.17) is 4.74 Å². The molecular formula is C45H90F3N3O2Y-2. The number of rotatable bonds is 6. The second-order valence-corrected chi connectivity index (χ2v) is 14.6. The normalized spacial score (nSPS) is 15.1. The van der Waals surface area contributed by atoms with Gasteiger partial charge in [0, 0.05) is 53.3 Å². The van der Waals surface area contributed by atoms with E-state index in [-0.39, 0.29) is 32.7 Å². The summed E-state index contributed by atoms with van der Waals surface area (Å²) in [6, 6.07) is 10.3. The van der Waals surface area contributed by atoms with Crippen molar-refractivity contribution in [1.29, 1.82) is 0 Å². The van der Waals surface area contributed by atoms with Crippen molar-refractivity contribution in [3.8, 4) is 0 Å². The number of hydrogen-bond acceptors (Lipinski definition) is 5. The number of alkyl halides is 3. The predicted octanol–water partition coefficient (Wildman–Crippen LogP) is 14.9. The van der Waals surface area contributed by atoms with Crippen molar-refractivity contribution in [3.63, 3.8) is 0 Å². The molecule has 2 fully saturated rings. The standard InChI is InChI=1S/C7H14.C7H8.C5H13N.C5H10.C5H12.C5H10.C4H10O.C3H4N2O.C3H8.CHF3.Y/c1-6-3-4-7(2)5-6;1-7-5-3-2-4-6-7;1-4-5-6(2)3;1-5-3-2-4-5;2*1-4-5(2)3;1-3-4-5-2;1-3-4-2-5-6-3;1-3-2;2-1(3)4;/h6-7H,3-5H2,1-2H3;2-6H,1H3;4-5H2,1-3H3;5H,2-4H2,1H3;5H,4H2,1-3H3;5H,1-2,4H2,3H3;3-4H2,1-2H3;2H,1H3;3H2,1-2H3;1H;/q;;;;;-2;;;;;. The summed E-state index contributed by atoms with van der Waals surface area (Å²) in [6.07, 6.45) is 16.1. The van der Waals surface area contributed by atoms with Crippen LogP contribution in [0.2, 0.25) is 0 Å². The second-order valence-electron chi connectivity index (χ2n) is 14.6. The molecule has 5 nitrogen and oxygen atoms in total. The van der Waals surface area contributed by atoms with E-state index in [2.05, 4.69) is 136 Å². The van der Waals surface area contributed by atoms with Crippen LogP contribution in [0.3, 0.4) is 0 Å². The number of methoxy groups -OCH3 is 1. The van der Waals surface area contributed by atoms with Crippen LogP contribution in [0.4, 0.5) is 13.2 Å². The van der Waals surface area contributed by atoms with E-state index < -0.39 is 6.68 Å². The van der Waals surface area contributed by atoms with Crippen LogP contribution in [0.1, 0.15) is 158 Å². The first-order chi connectivity index (χ1) is 24.8. The van der Waals surface area contributed by atoms with Gasteiger partial charge in [0.05, 0.1) is 0 Å². The number of aromatic nitrogens is 2. The van der Waals surface area contributed by atoms with Gasteiger partial charge >= 0.3 is 6.68 Å². The zero-order valence-corrected chi connectivity index (χ0v) is 41.2. The minimum Gasteiger partial charge on any atom is -0.385 e. The van der Waals surface area contributed by atoms with E-state index >= 15 is 0 Å². The zero-order valence-electron chi connectivity index (χ0n) is 38.4. The van der Waals surface area contributed by atoms with Crippen LogP contribution in [0.25, 0.3) is 0 Å². The van der Waals surface area contributed by atoms with Gasteiger partial charge in [0.25, 0.3) is 0 Å². The van der Waals surface area contributed by atoms with Crippen LogP contribution in [0, 0.1) is 57.3 Å². The number of halogens is 3. The van der Waals surface area contributed by atoms with Crippen molar-refractivity contribution in [1.82, 2.24) is 15.0 Å². The predicted molar refractivity (Wildman–Crippen MR) is 229 cm³/mol. The molecule has 0 amide bonds. The molecule has 4 rings (SSSR count). The van der Waals surface area contributed by atoms with Gasteiger partial charge in [0.1, 0.15) is 0 Å². The summed E-state index contributed by atoms with van der Waals surface area (Å²) in [4.78, 5) is 5.82. The molecule has 2 aromatic rings. The average molecular weight is 851 g/mol. The Hall–Kier alpha value is -0.826. The first kappa shape index (κ1) is 67.9. The van der Waals surface area contributed by atoms with E-state index in [9.17, 15) is 13.2 Å². The molecule has 0 saturated heterocycles. The number of benzene rings is 1. The van der Waals surface area contributed by atoms with Crippen LogP contribution < -0.4 is 0 Å². The Balaban J connectivity index is -0.0000000915. The fraction of sp³-hybridized carbons (Fsp3) is 0.778. The van der Waals surface area contributed by atoms with Crippen LogP contribution in [-0.2, 0) is 37.4 Å². The van der Waals surface area contributed by atoms with Gasteiger partial charge in [-0.2, -0.15) is 18.2 Å². The van der Waals surface area contributed by atoms with E-state index in [0.29, 0.717) is 11.8 Å². The molecule has 54 heavy (non-hydrogen) atoms. The summed E-state index contributed by atoms with van der Waals surface area (Å²) in [6.45, 7) is 33.8. The van der Waals surface area contributed by atoms with Crippen molar-refractivity contribution in [3.05, 3.63) is 62.0 Å². The molecule has 1 radical (unpaired) electrons. The summed E-state index contributed by atoms with van der Waals surface area (Å²) < 4.78 is 38.2. The number of nitrogens with zero attached hydrogens (tertiary/aromatic N) is 3. The van der Waals surface area contributed by atoms with E-state index in [0.717, 1.165) is 43.1 Å². The monoisotopic (exact) mass is 851 g/mol. The molecule has 1 aromatic heterocycles. The number of aryl methyl sites for hydroxylation is 2. The third-order valence-corrected chi connectivity index (χ3v) is 7.15. The molecule has 0 bridgehead atoms. The maximum atomic E-state index is 9.67. The van der Waals surface area contributed by atoms with Gasteiger partial charge in [-0.1, -0.05) is 162 Å². The van der Waals surface area contributed by atoms with Gasteiger partial charge in [-0.3, -0.25) is 0 Å². The van der Waals surface area contributed by atoms with Gasteiger partial charge in [0.15, 0.2) is 6.33 Å². The van der Waals surface area contributed by atoms with Gasteiger partial charge in [-0.15, -0.1) is 0 Å². The summed E-state index contributed by atoms with van der Waals surface area (Å²) in [5.74, 6) is 5.12. The van der Waals surface area contributed by atoms with Crippen LogP contribution >= 0.6 is 0 Å². The minimum atomic E-state index is -3.67. The van der Waals surface area contributed by atoms with Gasteiger partial charge in [-0.05, 0) is 70.5 Å². The molecule has 9 heteroatoms. The summed E-state index contributed by atoms with van der Waals surface area (Å²) >= 11 is 0. The summed E-state index contributed by atoms with van der Waals surface area (Å²) in [5.41, 5.74) is 1.32. The Morgan fingerprint density at radius 2 is 1.26 bits per heavy atom. The minimum absolute atomic E-state index is 0. The van der Waals surface area contributed by atoms with Crippen molar-refractivity contribution in [2.45, 2.75) is 167 Å². The Morgan fingerprint density at radius 3 is 1.33 bits per heavy atom. The summed E-state index contributed by atoms with van der Waals surface area (Å²) in [7, 11) is 5.89. The number of ether oxygens (including phenoxy) is 1. The molecule has 2 saturated carbocycles. The van der Waals surface area contributed by atoms with Crippen molar-refractivity contribution < 1.29 is 55.1 Å². The van der Waals surface area contributed by atoms with E-state index in [1.54, 1.807) is 14.0 Å². The third kappa shape index (κ3) is 88.4.